The Morgan fingerprint density at radius 1 is 1.32 bits per heavy atom. The SMILES string of the molecule is COc1cccc(/C=C/c2nc3sc(C(=O)O)c(C)c3c(=O)[nH]2)c1OC(C)C. The third-order valence-corrected chi connectivity index (χ3v) is 5.19. The second kappa shape index (κ2) is 7.85. The minimum Gasteiger partial charge on any atom is -0.493 e. The Morgan fingerprint density at radius 3 is 2.71 bits per heavy atom. The molecule has 0 saturated carbocycles. The number of aromatic nitrogens is 2. The van der Waals surface area contributed by atoms with Crippen molar-refractivity contribution in [2.24, 2.45) is 0 Å². The van der Waals surface area contributed by atoms with Crippen molar-refractivity contribution in [1.82, 2.24) is 9.97 Å². The van der Waals surface area contributed by atoms with Crippen LogP contribution in [-0.4, -0.2) is 34.3 Å². The molecule has 7 nitrogen and oxygen atoms in total. The summed E-state index contributed by atoms with van der Waals surface area (Å²) in [4.78, 5) is 31.3. The fraction of sp³-hybridized carbons (Fsp3) is 0.250. The molecule has 0 aliphatic carbocycles. The first-order valence-electron chi connectivity index (χ1n) is 8.60. The number of benzene rings is 1. The maximum Gasteiger partial charge on any atom is 0.346 e. The number of nitrogens with one attached hydrogen (secondary N) is 1. The Labute approximate surface area is 165 Å². The first-order valence-corrected chi connectivity index (χ1v) is 9.42. The minimum atomic E-state index is -1.07. The number of aromatic amines is 1. The van der Waals surface area contributed by atoms with Gasteiger partial charge in [-0.2, -0.15) is 0 Å². The van der Waals surface area contributed by atoms with Gasteiger partial charge in [-0.05, 0) is 44.6 Å². The van der Waals surface area contributed by atoms with Crippen LogP contribution in [0.15, 0.2) is 23.0 Å². The van der Waals surface area contributed by atoms with Crippen molar-refractivity contribution in [1.29, 1.82) is 0 Å². The van der Waals surface area contributed by atoms with E-state index in [0.717, 1.165) is 16.9 Å². The zero-order valence-corrected chi connectivity index (χ0v) is 16.7. The molecule has 0 saturated heterocycles. The molecule has 3 aromatic rings. The Morgan fingerprint density at radius 2 is 2.07 bits per heavy atom. The topological polar surface area (TPSA) is 102 Å². The van der Waals surface area contributed by atoms with Crippen LogP contribution < -0.4 is 15.0 Å². The summed E-state index contributed by atoms with van der Waals surface area (Å²) < 4.78 is 11.2. The number of thiophene rings is 1. The van der Waals surface area contributed by atoms with Crippen LogP contribution in [0, 0.1) is 6.92 Å². The molecule has 0 aliphatic rings. The Hall–Kier alpha value is -3.13. The van der Waals surface area contributed by atoms with E-state index in [1.165, 1.54) is 0 Å². The number of carboxylic acid groups (broad SMARTS) is 1. The Kier molecular flexibility index (Phi) is 5.51. The number of methoxy groups -OCH3 is 1. The zero-order valence-electron chi connectivity index (χ0n) is 15.9. The van der Waals surface area contributed by atoms with E-state index >= 15 is 0 Å². The maximum absolute atomic E-state index is 12.4. The standard InChI is InChI=1S/C20H20N2O5S/c1-10(2)27-16-12(6-5-7-13(16)26-4)8-9-14-21-18(23)15-11(3)17(20(24)25)28-19(15)22-14/h5-10H,1-4H3,(H,24,25)(H,21,22,23)/b9-8+. The number of para-hydroxylation sites is 1. The molecule has 0 fully saturated rings. The normalized spacial score (nSPS) is 11.5. The van der Waals surface area contributed by atoms with Crippen LogP contribution in [-0.2, 0) is 0 Å². The lowest BCUT2D eigenvalue weighted by atomic mass is 10.1. The Balaban J connectivity index is 2.05. The number of rotatable bonds is 6. The van der Waals surface area contributed by atoms with Gasteiger partial charge in [0, 0.05) is 5.56 Å². The molecule has 1 aromatic carbocycles. The largest absolute Gasteiger partial charge is 0.493 e. The summed E-state index contributed by atoms with van der Waals surface area (Å²) in [5.41, 5.74) is 0.830. The third kappa shape index (κ3) is 3.77. The number of carbonyl (C=O) groups is 1. The van der Waals surface area contributed by atoms with Crippen LogP contribution in [0.4, 0.5) is 0 Å². The highest BCUT2D eigenvalue weighted by Gasteiger charge is 2.18. The number of hydrogen-bond donors (Lipinski definition) is 2. The fourth-order valence-corrected chi connectivity index (χ4v) is 3.83. The van der Waals surface area contributed by atoms with E-state index in [-0.39, 0.29) is 16.5 Å². The molecule has 2 aromatic heterocycles. The zero-order chi connectivity index (χ0) is 20.4. The van der Waals surface area contributed by atoms with Gasteiger partial charge in [0.1, 0.15) is 15.5 Å². The molecule has 8 heteroatoms. The average molecular weight is 400 g/mol. The minimum absolute atomic E-state index is 0.0405. The van der Waals surface area contributed by atoms with Gasteiger partial charge in [-0.15, -0.1) is 11.3 Å². The molecule has 0 amide bonds. The number of hydrogen-bond acceptors (Lipinski definition) is 6. The van der Waals surface area contributed by atoms with Gasteiger partial charge >= 0.3 is 5.97 Å². The van der Waals surface area contributed by atoms with Crippen molar-refractivity contribution in [3.63, 3.8) is 0 Å². The number of carboxylic acids is 1. The lowest BCUT2D eigenvalue weighted by molar-refractivity contribution is 0.0701. The molecule has 0 bridgehead atoms. The van der Waals surface area contributed by atoms with Gasteiger partial charge in [0.2, 0.25) is 0 Å². The molecule has 0 radical (unpaired) electrons. The van der Waals surface area contributed by atoms with Gasteiger partial charge in [-0.1, -0.05) is 12.1 Å². The summed E-state index contributed by atoms with van der Waals surface area (Å²) in [7, 11) is 1.57. The lowest BCUT2D eigenvalue weighted by Crippen LogP contribution is -2.09. The predicted molar refractivity (Wildman–Crippen MR) is 110 cm³/mol. The molecule has 28 heavy (non-hydrogen) atoms. The number of fused-ring (bicyclic) bond motifs is 1. The Bertz CT molecular complexity index is 1130. The van der Waals surface area contributed by atoms with Gasteiger partial charge in [0.15, 0.2) is 11.5 Å². The van der Waals surface area contributed by atoms with Crippen LogP contribution in [0.1, 0.15) is 40.5 Å². The number of aromatic carboxylic acids is 1. The third-order valence-electron chi connectivity index (χ3n) is 4.02. The van der Waals surface area contributed by atoms with Gasteiger partial charge < -0.3 is 19.6 Å². The van der Waals surface area contributed by atoms with E-state index in [9.17, 15) is 14.7 Å². The smallest absolute Gasteiger partial charge is 0.346 e. The maximum atomic E-state index is 12.4. The van der Waals surface area contributed by atoms with Crippen molar-refractivity contribution >= 4 is 39.7 Å². The van der Waals surface area contributed by atoms with Crippen LogP contribution in [0.25, 0.3) is 22.4 Å². The number of ether oxygens (including phenoxy) is 2. The van der Waals surface area contributed by atoms with E-state index in [4.69, 9.17) is 9.47 Å². The number of aryl methyl sites for hydroxylation is 1. The highest BCUT2D eigenvalue weighted by molar-refractivity contribution is 7.20. The van der Waals surface area contributed by atoms with Crippen molar-refractivity contribution < 1.29 is 19.4 Å². The highest BCUT2D eigenvalue weighted by Crippen LogP contribution is 2.33. The van der Waals surface area contributed by atoms with Gasteiger partial charge in [-0.25, -0.2) is 9.78 Å². The van der Waals surface area contributed by atoms with Crippen LogP contribution >= 0.6 is 11.3 Å². The highest BCUT2D eigenvalue weighted by atomic mass is 32.1. The molecule has 0 atom stereocenters. The second-order valence-corrected chi connectivity index (χ2v) is 7.37. The van der Waals surface area contributed by atoms with E-state index in [0.29, 0.717) is 33.1 Å². The molecule has 0 unspecified atom stereocenters. The van der Waals surface area contributed by atoms with Crippen molar-refractivity contribution in [3.05, 3.63) is 50.4 Å². The summed E-state index contributed by atoms with van der Waals surface area (Å²) in [6.07, 6.45) is 3.38. The van der Waals surface area contributed by atoms with E-state index in [1.54, 1.807) is 26.2 Å². The van der Waals surface area contributed by atoms with Crippen molar-refractivity contribution in [2.45, 2.75) is 26.9 Å². The van der Waals surface area contributed by atoms with E-state index in [1.807, 2.05) is 32.0 Å². The van der Waals surface area contributed by atoms with E-state index < -0.39 is 5.97 Å². The summed E-state index contributed by atoms with van der Waals surface area (Å²) >= 11 is 0.990. The van der Waals surface area contributed by atoms with Gasteiger partial charge in [0.05, 0.1) is 18.6 Å². The van der Waals surface area contributed by atoms with Crippen molar-refractivity contribution in [3.8, 4) is 11.5 Å². The van der Waals surface area contributed by atoms with Crippen molar-refractivity contribution in [2.75, 3.05) is 7.11 Å². The predicted octanol–water partition coefficient (Wildman–Crippen LogP) is 3.96. The van der Waals surface area contributed by atoms with Crippen LogP contribution in [0.5, 0.6) is 11.5 Å². The number of nitrogens with zero attached hydrogens (tertiary/aromatic N) is 1. The lowest BCUT2D eigenvalue weighted by Gasteiger charge is -2.15. The molecule has 2 N–H and O–H groups in total. The molecule has 3 rings (SSSR count). The van der Waals surface area contributed by atoms with Gasteiger partial charge in [0.25, 0.3) is 5.56 Å². The monoisotopic (exact) mass is 400 g/mol. The van der Waals surface area contributed by atoms with Gasteiger partial charge in [-0.3, -0.25) is 4.79 Å². The molecule has 0 aliphatic heterocycles. The molecular formula is C20H20N2O5S. The average Bonchev–Trinajstić information content (AvgIpc) is 2.97. The first-order chi connectivity index (χ1) is 13.3. The van der Waals surface area contributed by atoms with Crippen LogP contribution in [0.3, 0.4) is 0 Å². The molecular weight excluding hydrogens is 380 g/mol. The first kappa shape index (κ1) is 19.6. The summed E-state index contributed by atoms with van der Waals surface area (Å²) in [5.74, 6) is 0.463. The molecule has 146 valence electrons. The van der Waals surface area contributed by atoms with E-state index in [2.05, 4.69) is 9.97 Å². The van der Waals surface area contributed by atoms with Crippen LogP contribution in [0.2, 0.25) is 0 Å². The number of H-pyrrole nitrogens is 1. The summed E-state index contributed by atoms with van der Waals surface area (Å²) in [5, 5.41) is 9.57. The molecule has 2 heterocycles. The molecule has 0 spiro atoms. The fourth-order valence-electron chi connectivity index (χ4n) is 2.80. The summed E-state index contributed by atoms with van der Waals surface area (Å²) in [6, 6.07) is 5.51. The summed E-state index contributed by atoms with van der Waals surface area (Å²) in [6.45, 7) is 5.46. The quantitative estimate of drug-likeness (QED) is 0.649. The second-order valence-electron chi connectivity index (χ2n) is 6.37.